The highest BCUT2D eigenvalue weighted by Crippen LogP contribution is 2.13. The Kier molecular flexibility index (Phi) is 2.44. The zero-order valence-electron chi connectivity index (χ0n) is 6.46. The molecular formula is C7H9N3S. The standard InChI is InChI=1S/C7H9N3S/c1-4-5(2)8-7-10-9-6(3)11-7/h1,5H,2-3H3,(H,8,10). The van der Waals surface area contributed by atoms with Crippen LogP contribution < -0.4 is 5.32 Å². The topological polar surface area (TPSA) is 37.8 Å². The number of terminal acetylenes is 1. The Bertz CT molecular complexity index is 273. The zero-order chi connectivity index (χ0) is 8.27. The van der Waals surface area contributed by atoms with Gasteiger partial charge in [-0.2, -0.15) is 0 Å². The number of aryl methyl sites for hydroxylation is 1. The largest absolute Gasteiger partial charge is 0.347 e. The molecule has 0 aliphatic rings. The van der Waals surface area contributed by atoms with Gasteiger partial charge in [0.25, 0.3) is 0 Å². The molecule has 0 aliphatic heterocycles. The molecule has 0 aromatic carbocycles. The van der Waals surface area contributed by atoms with Gasteiger partial charge in [-0.15, -0.1) is 16.6 Å². The van der Waals surface area contributed by atoms with Crippen molar-refractivity contribution in [2.24, 2.45) is 0 Å². The molecule has 0 fully saturated rings. The number of rotatable bonds is 2. The minimum absolute atomic E-state index is 0.0161. The average molecular weight is 167 g/mol. The molecule has 4 heteroatoms. The van der Waals surface area contributed by atoms with E-state index >= 15 is 0 Å². The predicted octanol–water partition coefficient (Wildman–Crippen LogP) is 1.28. The van der Waals surface area contributed by atoms with Crippen LogP contribution in [0.15, 0.2) is 0 Å². The second-order valence-corrected chi connectivity index (χ2v) is 3.34. The van der Waals surface area contributed by atoms with Crippen LogP contribution in [0.25, 0.3) is 0 Å². The van der Waals surface area contributed by atoms with Crippen molar-refractivity contribution in [1.29, 1.82) is 0 Å². The second-order valence-electron chi connectivity index (χ2n) is 2.16. The van der Waals surface area contributed by atoms with Gasteiger partial charge in [-0.25, -0.2) is 0 Å². The van der Waals surface area contributed by atoms with E-state index in [9.17, 15) is 0 Å². The van der Waals surface area contributed by atoms with Gasteiger partial charge in [0, 0.05) is 0 Å². The van der Waals surface area contributed by atoms with E-state index in [4.69, 9.17) is 6.42 Å². The van der Waals surface area contributed by atoms with Crippen LogP contribution in [-0.2, 0) is 0 Å². The fourth-order valence-corrected chi connectivity index (χ4v) is 1.26. The molecule has 0 bridgehead atoms. The summed E-state index contributed by atoms with van der Waals surface area (Å²) in [6.45, 7) is 3.81. The van der Waals surface area contributed by atoms with Gasteiger partial charge < -0.3 is 5.32 Å². The first-order valence-corrected chi connectivity index (χ1v) is 4.07. The van der Waals surface area contributed by atoms with Gasteiger partial charge >= 0.3 is 0 Å². The van der Waals surface area contributed by atoms with E-state index in [2.05, 4.69) is 21.4 Å². The Balaban J connectivity index is 2.59. The van der Waals surface area contributed by atoms with Crippen LogP contribution in [0.2, 0.25) is 0 Å². The van der Waals surface area contributed by atoms with Gasteiger partial charge in [-0.3, -0.25) is 0 Å². The molecule has 1 unspecified atom stereocenters. The van der Waals surface area contributed by atoms with Crippen molar-refractivity contribution in [3.63, 3.8) is 0 Å². The lowest BCUT2D eigenvalue weighted by Gasteiger charge is -2.02. The third kappa shape index (κ3) is 2.20. The smallest absolute Gasteiger partial charge is 0.206 e. The molecule has 1 N–H and O–H groups in total. The Morgan fingerprint density at radius 1 is 1.64 bits per heavy atom. The number of nitrogens with one attached hydrogen (secondary N) is 1. The first kappa shape index (κ1) is 8.02. The van der Waals surface area contributed by atoms with Gasteiger partial charge in [-0.1, -0.05) is 17.3 Å². The number of hydrogen-bond acceptors (Lipinski definition) is 4. The maximum atomic E-state index is 5.17. The maximum Gasteiger partial charge on any atom is 0.206 e. The molecule has 3 nitrogen and oxygen atoms in total. The molecule has 1 aromatic heterocycles. The van der Waals surface area contributed by atoms with Gasteiger partial charge in [0.2, 0.25) is 5.13 Å². The van der Waals surface area contributed by atoms with E-state index in [-0.39, 0.29) is 6.04 Å². The average Bonchev–Trinajstić information content (AvgIpc) is 2.35. The predicted molar refractivity (Wildman–Crippen MR) is 46.6 cm³/mol. The minimum Gasteiger partial charge on any atom is -0.347 e. The summed E-state index contributed by atoms with van der Waals surface area (Å²) in [7, 11) is 0. The van der Waals surface area contributed by atoms with Crippen molar-refractivity contribution in [1.82, 2.24) is 10.2 Å². The quantitative estimate of drug-likeness (QED) is 0.674. The fourth-order valence-electron chi connectivity index (χ4n) is 0.582. The van der Waals surface area contributed by atoms with E-state index in [1.165, 1.54) is 11.3 Å². The molecule has 0 aliphatic carbocycles. The van der Waals surface area contributed by atoms with E-state index < -0.39 is 0 Å². The molecule has 0 spiro atoms. The van der Waals surface area contributed by atoms with Crippen LogP contribution >= 0.6 is 11.3 Å². The van der Waals surface area contributed by atoms with E-state index in [0.717, 1.165) is 10.1 Å². The van der Waals surface area contributed by atoms with Crippen LogP contribution in [-0.4, -0.2) is 16.2 Å². The lowest BCUT2D eigenvalue weighted by Crippen LogP contribution is -2.11. The molecule has 0 saturated heterocycles. The van der Waals surface area contributed by atoms with Crippen molar-refractivity contribution in [2.75, 3.05) is 5.32 Å². The summed E-state index contributed by atoms with van der Waals surface area (Å²) in [5.41, 5.74) is 0. The van der Waals surface area contributed by atoms with Gasteiger partial charge in [0.1, 0.15) is 5.01 Å². The second kappa shape index (κ2) is 3.35. The highest BCUT2D eigenvalue weighted by molar-refractivity contribution is 7.15. The number of aromatic nitrogens is 2. The molecule has 1 atom stereocenters. The monoisotopic (exact) mass is 167 g/mol. The van der Waals surface area contributed by atoms with Crippen molar-refractivity contribution in [2.45, 2.75) is 19.9 Å². The van der Waals surface area contributed by atoms with Crippen LogP contribution in [0.3, 0.4) is 0 Å². The van der Waals surface area contributed by atoms with Crippen LogP contribution in [0.4, 0.5) is 5.13 Å². The molecule has 0 amide bonds. The van der Waals surface area contributed by atoms with Gasteiger partial charge in [0.05, 0.1) is 6.04 Å². The molecule has 0 radical (unpaired) electrons. The zero-order valence-corrected chi connectivity index (χ0v) is 7.27. The Hall–Kier alpha value is -1.08. The van der Waals surface area contributed by atoms with Crippen LogP contribution in [0, 0.1) is 19.3 Å². The van der Waals surface area contributed by atoms with Gasteiger partial charge in [0.15, 0.2) is 0 Å². The first-order chi connectivity index (χ1) is 5.22. The summed E-state index contributed by atoms with van der Waals surface area (Å²) in [5, 5.41) is 12.5. The highest BCUT2D eigenvalue weighted by atomic mass is 32.1. The lowest BCUT2D eigenvalue weighted by molar-refractivity contribution is 0.986. The summed E-state index contributed by atoms with van der Waals surface area (Å²) in [6, 6.07) is 0.0161. The van der Waals surface area contributed by atoms with Crippen LogP contribution in [0.5, 0.6) is 0 Å². The summed E-state index contributed by atoms with van der Waals surface area (Å²) >= 11 is 1.50. The molecule has 1 heterocycles. The first-order valence-electron chi connectivity index (χ1n) is 3.25. The minimum atomic E-state index is 0.0161. The molecule has 1 aromatic rings. The molecule has 1 rings (SSSR count). The Morgan fingerprint density at radius 3 is 2.82 bits per heavy atom. The summed E-state index contributed by atoms with van der Waals surface area (Å²) < 4.78 is 0. The number of hydrogen-bond donors (Lipinski definition) is 1. The SMILES string of the molecule is C#CC(C)Nc1nnc(C)s1. The van der Waals surface area contributed by atoms with Gasteiger partial charge in [-0.05, 0) is 13.8 Å². The molecule has 58 valence electrons. The summed E-state index contributed by atoms with van der Waals surface area (Å²) in [4.78, 5) is 0. The summed E-state index contributed by atoms with van der Waals surface area (Å²) in [6.07, 6.45) is 5.17. The molecular weight excluding hydrogens is 158 g/mol. The number of anilines is 1. The van der Waals surface area contributed by atoms with Crippen LogP contribution in [0.1, 0.15) is 11.9 Å². The summed E-state index contributed by atoms with van der Waals surface area (Å²) in [5.74, 6) is 2.55. The third-order valence-corrected chi connectivity index (χ3v) is 1.89. The number of nitrogens with zero attached hydrogens (tertiary/aromatic N) is 2. The van der Waals surface area contributed by atoms with E-state index in [1.54, 1.807) is 0 Å². The highest BCUT2D eigenvalue weighted by Gasteiger charge is 2.01. The normalized spacial score (nSPS) is 12.1. The Morgan fingerprint density at radius 2 is 2.36 bits per heavy atom. The van der Waals surface area contributed by atoms with Crippen molar-refractivity contribution >= 4 is 16.5 Å². The van der Waals surface area contributed by atoms with Crippen molar-refractivity contribution < 1.29 is 0 Å². The lowest BCUT2D eigenvalue weighted by atomic mass is 10.4. The molecule has 11 heavy (non-hydrogen) atoms. The van der Waals surface area contributed by atoms with E-state index in [1.807, 2.05) is 13.8 Å². The Labute approximate surface area is 69.9 Å². The fraction of sp³-hybridized carbons (Fsp3) is 0.429. The molecule has 0 saturated carbocycles. The third-order valence-electron chi connectivity index (χ3n) is 1.12. The van der Waals surface area contributed by atoms with E-state index in [0.29, 0.717) is 0 Å². The van der Waals surface area contributed by atoms with Crippen molar-refractivity contribution in [3.05, 3.63) is 5.01 Å². The maximum absolute atomic E-state index is 5.17. The van der Waals surface area contributed by atoms with Crippen molar-refractivity contribution in [3.8, 4) is 12.3 Å².